The molecular formula is C56H70N2O8. The molecule has 3 heterocycles. The Kier molecular flexibility index (Phi) is 13.0. The lowest BCUT2D eigenvalue weighted by Gasteiger charge is -2.57. The van der Waals surface area contributed by atoms with E-state index in [0.717, 1.165) is 62.7 Å². The van der Waals surface area contributed by atoms with Crippen LogP contribution < -0.4 is 0 Å². The smallest absolute Gasteiger partial charge is 0.314 e. The van der Waals surface area contributed by atoms with E-state index in [0.29, 0.717) is 28.6 Å². The number of aliphatic hydroxyl groups excluding tert-OH is 1. The Morgan fingerprint density at radius 2 is 1.15 bits per heavy atom. The Bertz CT molecular complexity index is 2310. The Labute approximate surface area is 390 Å². The number of aliphatic carboxylic acids is 1. The number of carboxylic acids is 1. The minimum absolute atomic E-state index is 0.0423. The molecule has 0 amide bonds. The fourth-order valence-electron chi connectivity index (χ4n) is 15.3. The molecule has 0 unspecified atom stereocenters. The van der Waals surface area contributed by atoms with Crippen LogP contribution in [0.4, 0.5) is 0 Å². The number of carbonyl (C=O) groups excluding carboxylic acids is 3. The van der Waals surface area contributed by atoms with Gasteiger partial charge in [0.2, 0.25) is 0 Å². The zero-order valence-corrected chi connectivity index (χ0v) is 39.5. The van der Waals surface area contributed by atoms with Crippen molar-refractivity contribution < 1.29 is 38.9 Å². The first-order chi connectivity index (χ1) is 31.6. The minimum atomic E-state index is -0.957. The highest BCUT2D eigenvalue weighted by Crippen LogP contribution is 2.68. The number of aromatic nitrogens is 2. The van der Waals surface area contributed by atoms with Crippen molar-refractivity contribution in [2.75, 3.05) is 0 Å². The molecule has 8 aliphatic carbocycles. The van der Waals surface area contributed by atoms with Gasteiger partial charge in [0.15, 0.2) is 0 Å². The topological polar surface area (TPSA) is 153 Å². The Hall–Kier alpha value is -4.70. The number of rotatable bonds is 6. The molecule has 1 saturated heterocycles. The predicted molar refractivity (Wildman–Crippen MR) is 252 cm³/mol. The van der Waals surface area contributed by atoms with Crippen molar-refractivity contribution in [2.45, 2.75) is 155 Å². The third kappa shape index (κ3) is 8.58. The number of carboxylic acid groups (broad SMARTS) is 1. The van der Waals surface area contributed by atoms with Gasteiger partial charge in [-0.2, -0.15) is 0 Å². The van der Waals surface area contributed by atoms with Gasteiger partial charge in [0.05, 0.1) is 31.8 Å². The molecule has 5 fully saturated rings. The van der Waals surface area contributed by atoms with Gasteiger partial charge in [-0.25, -0.2) is 0 Å². The number of nitrogens with zero attached hydrogens (tertiary/aromatic N) is 2. The number of pyridine rings is 2. The van der Waals surface area contributed by atoms with Crippen molar-refractivity contribution in [3.8, 4) is 0 Å². The van der Waals surface area contributed by atoms with Crippen molar-refractivity contribution in [1.82, 2.24) is 9.97 Å². The fourth-order valence-corrected chi connectivity index (χ4v) is 15.3. The summed E-state index contributed by atoms with van der Waals surface area (Å²) < 4.78 is 9.75. The molecule has 66 heavy (non-hydrogen) atoms. The van der Waals surface area contributed by atoms with Crippen LogP contribution in [0.25, 0.3) is 11.1 Å². The molecule has 0 spiro atoms. The summed E-state index contributed by atoms with van der Waals surface area (Å²) in [6, 6.07) is 8.56. The summed E-state index contributed by atoms with van der Waals surface area (Å²) in [5, 5.41) is 19.0. The third-order valence-corrected chi connectivity index (χ3v) is 18.8. The minimum Gasteiger partial charge on any atom is -0.481 e. The Morgan fingerprint density at radius 3 is 1.62 bits per heavy atom. The summed E-state index contributed by atoms with van der Waals surface area (Å²) in [5.41, 5.74) is 9.74. The normalized spacial score (nSPS) is 38.2. The van der Waals surface area contributed by atoms with E-state index in [2.05, 4.69) is 84.9 Å². The molecule has 12 atom stereocenters. The maximum Gasteiger partial charge on any atom is 0.314 e. The number of esters is 3. The molecule has 2 aromatic heterocycles. The van der Waals surface area contributed by atoms with Crippen LogP contribution in [0.1, 0.15) is 154 Å². The lowest BCUT2D eigenvalue weighted by atomic mass is 9.47. The summed E-state index contributed by atoms with van der Waals surface area (Å²) in [6.45, 7) is 9.96. The quantitative estimate of drug-likeness (QED) is 0.163. The zero-order chi connectivity index (χ0) is 46.4. The number of aliphatic hydroxyl groups is 1. The monoisotopic (exact) mass is 899 g/mol. The van der Waals surface area contributed by atoms with Crippen molar-refractivity contribution in [2.24, 2.45) is 57.2 Å². The molecule has 0 bridgehead atoms. The highest BCUT2D eigenvalue weighted by Gasteiger charge is 2.58. The van der Waals surface area contributed by atoms with Crippen molar-refractivity contribution in [1.29, 1.82) is 0 Å². The van der Waals surface area contributed by atoms with E-state index < -0.39 is 17.9 Å². The van der Waals surface area contributed by atoms with E-state index in [1.165, 1.54) is 67.2 Å². The molecule has 10 heteroatoms. The molecule has 11 rings (SSSR count). The van der Waals surface area contributed by atoms with Gasteiger partial charge in [-0.15, -0.1) is 0 Å². The molecule has 10 nitrogen and oxygen atoms in total. The lowest BCUT2D eigenvalue weighted by Crippen LogP contribution is -2.50. The van der Waals surface area contributed by atoms with Crippen LogP contribution in [0.3, 0.4) is 0 Å². The third-order valence-electron chi connectivity index (χ3n) is 18.8. The second kappa shape index (κ2) is 18.4. The highest BCUT2D eigenvalue weighted by molar-refractivity contribution is 5.92. The van der Waals surface area contributed by atoms with Crippen molar-refractivity contribution >= 4 is 35.0 Å². The van der Waals surface area contributed by atoms with Gasteiger partial charge in [0.25, 0.3) is 0 Å². The standard InChI is InChI=1S/C28H35NO4.C24H31NO.C4H4O3/c1-27-13-11-20(33-26(32)10-9-25(30)31)16-19(27)5-6-21-23-8-7-22(18-4-3-15-29-17-18)28(23,2)14-12-24(21)27;1-23-11-9-18(26)14-17(23)5-6-19-21-8-7-20(16-4-3-13-25-15-16)24(21,2)12-10-22(19)23;5-3-1-2-4(6)7-3/h3-5,7,15,17,20-21,23-24H,6,8-14,16H2,1-2H3,(H,30,31);3-5,7,13,15,18-19,21-22,26H,6,8-12,14H2,1-2H3;1-2H2/t20-,21-,23-,24-,27-,28+;18-,19-,21-,22-,23-,24+;/m00./s1. The van der Waals surface area contributed by atoms with Crippen molar-refractivity contribution in [3.05, 3.63) is 95.6 Å². The Balaban J connectivity index is 0.000000147. The Morgan fingerprint density at radius 1 is 0.652 bits per heavy atom. The summed E-state index contributed by atoms with van der Waals surface area (Å²) in [5.74, 6) is 2.27. The van der Waals surface area contributed by atoms with E-state index >= 15 is 0 Å². The number of allylic oxidation sites excluding steroid dienone is 6. The number of fused-ring (bicyclic) bond motifs is 10. The fraction of sp³-hybridized carbons (Fsp3) is 0.607. The first-order valence-electron chi connectivity index (χ1n) is 25.1. The van der Waals surface area contributed by atoms with Crippen LogP contribution in [0.5, 0.6) is 0 Å². The van der Waals surface area contributed by atoms with Gasteiger partial charge in [0, 0.05) is 31.2 Å². The average Bonchev–Trinajstić information content (AvgIpc) is 3.99. The number of hydrogen-bond acceptors (Lipinski definition) is 9. The highest BCUT2D eigenvalue weighted by atomic mass is 16.6. The number of hydrogen-bond donors (Lipinski definition) is 2. The van der Waals surface area contributed by atoms with Gasteiger partial charge in [0.1, 0.15) is 6.10 Å². The first-order valence-corrected chi connectivity index (χ1v) is 25.1. The largest absolute Gasteiger partial charge is 0.481 e. The van der Waals surface area contributed by atoms with E-state index in [9.17, 15) is 24.3 Å². The molecule has 2 aromatic rings. The van der Waals surface area contributed by atoms with Gasteiger partial charge in [-0.1, -0.05) is 75.3 Å². The second-order valence-corrected chi connectivity index (χ2v) is 22.1. The molecule has 352 valence electrons. The van der Waals surface area contributed by atoms with Crippen LogP contribution in [-0.2, 0) is 28.7 Å². The van der Waals surface area contributed by atoms with Gasteiger partial charge < -0.3 is 19.7 Å². The average molecular weight is 899 g/mol. The molecular weight excluding hydrogens is 829 g/mol. The van der Waals surface area contributed by atoms with Gasteiger partial charge >= 0.3 is 23.9 Å². The second-order valence-electron chi connectivity index (χ2n) is 22.1. The molecule has 0 aromatic carbocycles. The van der Waals surface area contributed by atoms with Crippen LogP contribution in [-0.4, -0.2) is 56.3 Å². The molecule has 9 aliphatic rings. The van der Waals surface area contributed by atoms with Gasteiger partial charge in [-0.05, 0) is 175 Å². The van der Waals surface area contributed by atoms with E-state index in [4.69, 9.17) is 9.84 Å². The van der Waals surface area contributed by atoms with E-state index in [1.54, 1.807) is 11.1 Å². The van der Waals surface area contributed by atoms with Crippen LogP contribution in [0, 0.1) is 57.2 Å². The predicted octanol–water partition coefficient (Wildman–Crippen LogP) is 11.1. The summed E-state index contributed by atoms with van der Waals surface area (Å²) in [7, 11) is 0. The van der Waals surface area contributed by atoms with Crippen LogP contribution in [0.15, 0.2) is 84.5 Å². The number of ether oxygens (including phenoxy) is 2. The number of cyclic esters (lactones) is 2. The molecule has 0 radical (unpaired) electrons. The van der Waals surface area contributed by atoms with Gasteiger partial charge in [-0.3, -0.25) is 29.1 Å². The maximum absolute atomic E-state index is 12.1. The van der Waals surface area contributed by atoms with E-state index in [1.807, 2.05) is 30.9 Å². The molecule has 4 saturated carbocycles. The SMILES string of the molecule is C[C@]12CC[C@H](O)CC1=CC[C@@H]1[C@@H]2CC[C@]2(C)C(c3cccnc3)=CC[C@@H]12.C[C@]12CC[C@H](OC(=O)CCC(=O)O)CC1=CC[C@@H]1[C@@H]2CC[C@]2(C)C(c3cccnc3)=CC[C@@H]12.O=C1CCC(=O)O1. The van der Waals surface area contributed by atoms with Crippen molar-refractivity contribution in [3.63, 3.8) is 0 Å². The maximum atomic E-state index is 12.1. The molecule has 1 aliphatic heterocycles. The first kappa shape index (κ1) is 46.4. The summed E-state index contributed by atoms with van der Waals surface area (Å²) in [4.78, 5) is 51.6. The van der Waals surface area contributed by atoms with E-state index in [-0.39, 0.29) is 54.7 Å². The summed E-state index contributed by atoms with van der Waals surface area (Å²) >= 11 is 0. The lowest BCUT2D eigenvalue weighted by molar-refractivity contribution is -0.154. The summed E-state index contributed by atoms with van der Waals surface area (Å²) in [6.07, 6.45) is 33.5. The van der Waals surface area contributed by atoms with Crippen LogP contribution >= 0.6 is 0 Å². The van der Waals surface area contributed by atoms with Crippen LogP contribution in [0.2, 0.25) is 0 Å². The zero-order valence-electron chi connectivity index (χ0n) is 39.5. The number of carbonyl (C=O) groups is 4. The molecule has 2 N–H and O–H groups in total.